The molecule has 0 saturated heterocycles. The highest BCUT2D eigenvalue weighted by atomic mass is 79.9. The molecule has 0 aliphatic heterocycles. The second-order valence-electron chi connectivity index (χ2n) is 2.71. The highest BCUT2D eigenvalue weighted by Gasteiger charge is 2.34. The SMILES string of the molecule is FC(F)(F)c1cn2cc(Br)nc(Br)c2n1. The van der Waals surface area contributed by atoms with E-state index in [1.807, 2.05) is 0 Å². The summed E-state index contributed by atoms with van der Waals surface area (Å²) in [7, 11) is 0. The van der Waals surface area contributed by atoms with E-state index in [4.69, 9.17) is 0 Å². The Bertz CT molecular complexity index is 520. The van der Waals surface area contributed by atoms with Crippen molar-refractivity contribution in [2.45, 2.75) is 6.18 Å². The van der Waals surface area contributed by atoms with E-state index >= 15 is 0 Å². The first-order chi connectivity index (χ1) is 6.88. The summed E-state index contributed by atoms with van der Waals surface area (Å²) in [4.78, 5) is 7.31. The summed E-state index contributed by atoms with van der Waals surface area (Å²) < 4.78 is 38.9. The van der Waals surface area contributed by atoms with E-state index < -0.39 is 11.9 Å². The monoisotopic (exact) mass is 343 g/mol. The molecule has 0 N–H and O–H groups in total. The molecule has 0 bridgehead atoms. The second kappa shape index (κ2) is 3.44. The minimum Gasteiger partial charge on any atom is -0.301 e. The highest BCUT2D eigenvalue weighted by molar-refractivity contribution is 9.11. The minimum atomic E-state index is -4.45. The average Bonchev–Trinajstić information content (AvgIpc) is 2.46. The molecule has 0 unspecified atom stereocenters. The van der Waals surface area contributed by atoms with E-state index in [0.29, 0.717) is 4.60 Å². The minimum absolute atomic E-state index is 0.130. The summed E-state index contributed by atoms with van der Waals surface area (Å²) >= 11 is 6.11. The Hall–Kier alpha value is -0.630. The van der Waals surface area contributed by atoms with Crippen LogP contribution < -0.4 is 0 Å². The summed E-state index contributed by atoms with van der Waals surface area (Å²) in [6.45, 7) is 0. The maximum absolute atomic E-state index is 12.3. The third-order valence-electron chi connectivity index (χ3n) is 1.66. The summed E-state index contributed by atoms with van der Waals surface area (Å²) in [5.41, 5.74) is -0.811. The Morgan fingerprint density at radius 3 is 2.40 bits per heavy atom. The summed E-state index contributed by atoms with van der Waals surface area (Å²) in [5.74, 6) is 0. The molecule has 2 aromatic rings. The topological polar surface area (TPSA) is 30.2 Å². The predicted molar refractivity (Wildman–Crippen MR) is 53.4 cm³/mol. The van der Waals surface area contributed by atoms with Gasteiger partial charge in [0.15, 0.2) is 15.9 Å². The van der Waals surface area contributed by atoms with E-state index in [1.54, 1.807) is 0 Å². The third kappa shape index (κ3) is 2.00. The number of rotatable bonds is 0. The molecule has 0 saturated carbocycles. The van der Waals surface area contributed by atoms with Gasteiger partial charge in [-0.2, -0.15) is 13.2 Å². The van der Waals surface area contributed by atoms with Crippen LogP contribution in [0.4, 0.5) is 13.2 Å². The van der Waals surface area contributed by atoms with Crippen molar-refractivity contribution in [2.24, 2.45) is 0 Å². The molecule has 0 radical (unpaired) electrons. The lowest BCUT2D eigenvalue weighted by Gasteiger charge is -1.98. The molecule has 0 aliphatic carbocycles. The van der Waals surface area contributed by atoms with Crippen LogP contribution in [0.5, 0.6) is 0 Å². The Kier molecular flexibility index (Phi) is 2.50. The van der Waals surface area contributed by atoms with Gasteiger partial charge in [-0.05, 0) is 31.9 Å². The Balaban J connectivity index is 2.71. The first-order valence-electron chi connectivity index (χ1n) is 3.66. The van der Waals surface area contributed by atoms with Crippen LogP contribution >= 0.6 is 31.9 Å². The largest absolute Gasteiger partial charge is 0.434 e. The predicted octanol–water partition coefficient (Wildman–Crippen LogP) is 3.27. The van der Waals surface area contributed by atoms with Gasteiger partial charge in [-0.25, -0.2) is 9.97 Å². The molecular formula is C7H2Br2F3N3. The first kappa shape index (κ1) is 10.9. The lowest BCUT2D eigenvalue weighted by atomic mass is 10.5. The van der Waals surface area contributed by atoms with Crippen LogP contribution in [0.25, 0.3) is 5.65 Å². The van der Waals surface area contributed by atoms with Gasteiger partial charge in [-0.1, -0.05) is 0 Å². The Labute approximate surface area is 98.6 Å². The summed E-state index contributed by atoms with van der Waals surface area (Å²) in [5, 5.41) is 0. The summed E-state index contributed by atoms with van der Waals surface area (Å²) in [6, 6.07) is 0. The van der Waals surface area contributed by atoms with Crippen LogP contribution in [0.1, 0.15) is 5.69 Å². The van der Waals surface area contributed by atoms with Crippen molar-refractivity contribution < 1.29 is 13.2 Å². The number of hydrogen-bond donors (Lipinski definition) is 0. The van der Waals surface area contributed by atoms with Crippen molar-refractivity contribution in [2.75, 3.05) is 0 Å². The van der Waals surface area contributed by atoms with Crippen molar-refractivity contribution in [3.63, 3.8) is 0 Å². The number of hydrogen-bond acceptors (Lipinski definition) is 2. The smallest absolute Gasteiger partial charge is 0.301 e. The van der Waals surface area contributed by atoms with E-state index in [9.17, 15) is 13.2 Å². The van der Waals surface area contributed by atoms with Crippen molar-refractivity contribution in [1.82, 2.24) is 14.4 Å². The van der Waals surface area contributed by atoms with Crippen molar-refractivity contribution in [3.05, 3.63) is 27.3 Å². The molecular weight excluding hydrogens is 343 g/mol. The van der Waals surface area contributed by atoms with Crippen LogP contribution in [-0.2, 0) is 6.18 Å². The zero-order valence-corrected chi connectivity index (χ0v) is 10.1. The normalized spacial score (nSPS) is 12.3. The van der Waals surface area contributed by atoms with Crippen molar-refractivity contribution >= 4 is 37.5 Å². The maximum Gasteiger partial charge on any atom is 0.434 e. The molecule has 0 amide bonds. The van der Waals surface area contributed by atoms with Gasteiger partial charge in [0, 0.05) is 12.4 Å². The molecule has 80 valence electrons. The maximum atomic E-state index is 12.3. The standard InChI is InChI=1S/C7H2Br2F3N3/c8-4-2-15-1-3(7(10,11)12)13-6(15)5(9)14-4/h1-2H. The fraction of sp³-hybridized carbons (Fsp3) is 0.143. The van der Waals surface area contributed by atoms with Crippen molar-refractivity contribution in [1.29, 1.82) is 0 Å². The molecule has 0 fully saturated rings. The van der Waals surface area contributed by atoms with Gasteiger partial charge in [0.25, 0.3) is 0 Å². The van der Waals surface area contributed by atoms with Crippen molar-refractivity contribution in [3.8, 4) is 0 Å². The Morgan fingerprint density at radius 2 is 1.80 bits per heavy atom. The van der Waals surface area contributed by atoms with Gasteiger partial charge in [-0.3, -0.25) is 0 Å². The zero-order valence-electron chi connectivity index (χ0n) is 6.89. The lowest BCUT2D eigenvalue weighted by Crippen LogP contribution is -2.04. The third-order valence-corrected chi connectivity index (χ3v) is 2.57. The van der Waals surface area contributed by atoms with E-state index in [-0.39, 0.29) is 10.3 Å². The highest BCUT2D eigenvalue weighted by Crippen LogP contribution is 2.30. The van der Waals surface area contributed by atoms with Gasteiger partial charge < -0.3 is 4.40 Å². The number of nitrogens with zero attached hydrogens (tertiary/aromatic N) is 3. The second-order valence-corrected chi connectivity index (χ2v) is 4.27. The Morgan fingerprint density at radius 1 is 1.13 bits per heavy atom. The van der Waals surface area contributed by atoms with Crippen LogP contribution in [0.3, 0.4) is 0 Å². The summed E-state index contributed by atoms with van der Waals surface area (Å²) in [6.07, 6.45) is -2.13. The lowest BCUT2D eigenvalue weighted by molar-refractivity contribution is -0.140. The molecule has 2 aromatic heterocycles. The molecule has 0 atom stereocenters. The molecule has 0 spiro atoms. The molecule has 2 rings (SSSR count). The van der Waals surface area contributed by atoms with E-state index in [0.717, 1.165) is 6.20 Å². The van der Waals surface area contributed by atoms with Gasteiger partial charge in [0.1, 0.15) is 4.60 Å². The van der Waals surface area contributed by atoms with Crippen LogP contribution in [0, 0.1) is 0 Å². The molecule has 2 heterocycles. The molecule has 15 heavy (non-hydrogen) atoms. The van der Waals surface area contributed by atoms with Gasteiger partial charge >= 0.3 is 6.18 Å². The quantitative estimate of drug-likeness (QED) is 0.734. The molecule has 0 aromatic carbocycles. The van der Waals surface area contributed by atoms with Crippen LogP contribution in [-0.4, -0.2) is 14.4 Å². The molecule has 3 nitrogen and oxygen atoms in total. The van der Waals surface area contributed by atoms with E-state index in [2.05, 4.69) is 41.8 Å². The van der Waals surface area contributed by atoms with Gasteiger partial charge in [-0.15, -0.1) is 0 Å². The molecule has 0 aliphatic rings. The zero-order chi connectivity index (χ0) is 11.2. The fourth-order valence-electron chi connectivity index (χ4n) is 1.07. The molecule has 8 heteroatoms. The van der Waals surface area contributed by atoms with Gasteiger partial charge in [0.2, 0.25) is 0 Å². The number of aromatic nitrogens is 3. The fourth-order valence-corrected chi connectivity index (χ4v) is 2.19. The van der Waals surface area contributed by atoms with E-state index in [1.165, 1.54) is 10.6 Å². The number of imidazole rings is 1. The number of fused-ring (bicyclic) bond motifs is 1. The number of alkyl halides is 3. The average molecular weight is 345 g/mol. The van der Waals surface area contributed by atoms with Crippen LogP contribution in [0.15, 0.2) is 21.6 Å². The number of halogens is 5. The van der Waals surface area contributed by atoms with Crippen LogP contribution in [0.2, 0.25) is 0 Å². The first-order valence-corrected chi connectivity index (χ1v) is 5.24. The van der Waals surface area contributed by atoms with Gasteiger partial charge in [0.05, 0.1) is 0 Å².